The van der Waals surface area contributed by atoms with Crippen LogP contribution in [0.25, 0.3) is 0 Å². The third kappa shape index (κ3) is 3.96. The van der Waals surface area contributed by atoms with Crippen LogP contribution in [-0.2, 0) is 16.8 Å². The SMILES string of the molecule is COC1(c2nc(Cl)c(Br)c(CC(C)C)n2)CCCCCC1. The molecule has 5 heteroatoms. The smallest absolute Gasteiger partial charge is 0.162 e. The van der Waals surface area contributed by atoms with Crippen molar-refractivity contribution in [1.82, 2.24) is 9.97 Å². The van der Waals surface area contributed by atoms with Gasteiger partial charge in [-0.05, 0) is 41.1 Å². The number of aromatic nitrogens is 2. The van der Waals surface area contributed by atoms with Crippen LogP contribution in [0, 0.1) is 5.92 Å². The number of hydrogen-bond donors (Lipinski definition) is 0. The third-order valence-electron chi connectivity index (χ3n) is 4.19. The molecular formula is C16H24BrClN2O. The molecule has 3 nitrogen and oxygen atoms in total. The summed E-state index contributed by atoms with van der Waals surface area (Å²) >= 11 is 9.85. The van der Waals surface area contributed by atoms with Crippen molar-refractivity contribution in [3.8, 4) is 0 Å². The highest BCUT2D eigenvalue weighted by Gasteiger charge is 2.36. The van der Waals surface area contributed by atoms with E-state index in [9.17, 15) is 0 Å². The Kier molecular flexibility index (Phi) is 6.04. The van der Waals surface area contributed by atoms with Gasteiger partial charge in [0.2, 0.25) is 0 Å². The van der Waals surface area contributed by atoms with Gasteiger partial charge in [-0.25, -0.2) is 9.97 Å². The number of nitrogens with zero attached hydrogens (tertiary/aromatic N) is 2. The molecule has 0 N–H and O–H groups in total. The molecule has 0 amide bonds. The number of halogens is 2. The maximum atomic E-state index is 6.33. The van der Waals surface area contributed by atoms with E-state index in [4.69, 9.17) is 21.3 Å². The van der Waals surface area contributed by atoms with Crippen LogP contribution in [0.3, 0.4) is 0 Å². The monoisotopic (exact) mass is 374 g/mol. The molecule has 0 spiro atoms. The highest BCUT2D eigenvalue weighted by molar-refractivity contribution is 9.10. The van der Waals surface area contributed by atoms with Gasteiger partial charge in [-0.1, -0.05) is 51.1 Å². The van der Waals surface area contributed by atoms with Gasteiger partial charge in [-0.15, -0.1) is 0 Å². The van der Waals surface area contributed by atoms with Gasteiger partial charge in [-0.2, -0.15) is 0 Å². The summed E-state index contributed by atoms with van der Waals surface area (Å²) in [6, 6.07) is 0. The van der Waals surface area contributed by atoms with Gasteiger partial charge in [0.25, 0.3) is 0 Å². The third-order valence-corrected chi connectivity index (χ3v) is 5.53. The lowest BCUT2D eigenvalue weighted by Crippen LogP contribution is -2.31. The summed E-state index contributed by atoms with van der Waals surface area (Å²) in [4.78, 5) is 9.35. The Balaban J connectivity index is 2.43. The van der Waals surface area contributed by atoms with Gasteiger partial charge in [0.15, 0.2) is 5.82 Å². The van der Waals surface area contributed by atoms with Crippen molar-refractivity contribution in [2.75, 3.05) is 7.11 Å². The molecule has 1 heterocycles. The fourth-order valence-corrected chi connectivity index (χ4v) is 3.54. The van der Waals surface area contributed by atoms with E-state index in [0.717, 1.165) is 48.1 Å². The van der Waals surface area contributed by atoms with E-state index in [2.05, 4.69) is 34.8 Å². The van der Waals surface area contributed by atoms with Crippen molar-refractivity contribution in [2.24, 2.45) is 5.92 Å². The minimum atomic E-state index is -0.368. The van der Waals surface area contributed by atoms with Gasteiger partial charge >= 0.3 is 0 Å². The Bertz CT molecular complexity index is 485. The Labute approximate surface area is 141 Å². The fraction of sp³-hybridized carbons (Fsp3) is 0.750. The molecule has 0 aliphatic heterocycles. The summed E-state index contributed by atoms with van der Waals surface area (Å²) < 4.78 is 6.72. The summed E-state index contributed by atoms with van der Waals surface area (Å²) in [5, 5.41) is 0.497. The molecule has 1 saturated carbocycles. The number of rotatable bonds is 4. The van der Waals surface area contributed by atoms with Gasteiger partial charge in [0.1, 0.15) is 10.8 Å². The van der Waals surface area contributed by atoms with Crippen LogP contribution in [0.15, 0.2) is 4.47 Å². The summed E-state index contributed by atoms with van der Waals surface area (Å²) in [6.07, 6.45) is 7.66. The lowest BCUT2D eigenvalue weighted by Gasteiger charge is -2.30. The van der Waals surface area contributed by atoms with Crippen molar-refractivity contribution in [2.45, 2.75) is 64.4 Å². The topological polar surface area (TPSA) is 35.0 Å². The van der Waals surface area contributed by atoms with E-state index in [0.29, 0.717) is 11.1 Å². The molecule has 0 saturated heterocycles. The standard InChI is InChI=1S/C16H24BrClN2O/c1-11(2)10-12-13(17)14(18)20-15(19-12)16(21-3)8-6-4-5-7-9-16/h11H,4-10H2,1-3H3. The minimum absolute atomic E-state index is 0.368. The second-order valence-corrected chi connectivity index (χ2v) is 7.46. The summed E-state index contributed by atoms with van der Waals surface area (Å²) in [7, 11) is 1.77. The first-order valence-corrected chi connectivity index (χ1v) is 8.93. The molecule has 0 atom stereocenters. The predicted octanol–water partition coefficient (Wildman–Crippen LogP) is 5.29. The van der Waals surface area contributed by atoms with Crippen molar-refractivity contribution in [3.63, 3.8) is 0 Å². The van der Waals surface area contributed by atoms with Crippen molar-refractivity contribution >= 4 is 27.5 Å². The largest absolute Gasteiger partial charge is 0.370 e. The van der Waals surface area contributed by atoms with Crippen molar-refractivity contribution in [3.05, 3.63) is 21.1 Å². The average Bonchev–Trinajstić information content (AvgIpc) is 2.69. The fourth-order valence-electron chi connectivity index (χ4n) is 3.01. The quantitative estimate of drug-likeness (QED) is 0.530. The number of methoxy groups -OCH3 is 1. The van der Waals surface area contributed by atoms with Crippen molar-refractivity contribution < 1.29 is 4.74 Å². The normalized spacial score (nSPS) is 18.8. The van der Waals surface area contributed by atoms with E-state index in [1.54, 1.807) is 7.11 Å². The van der Waals surface area contributed by atoms with Crippen LogP contribution in [0.4, 0.5) is 0 Å². The Morgan fingerprint density at radius 2 is 1.81 bits per heavy atom. The molecular weight excluding hydrogens is 352 g/mol. The van der Waals surface area contributed by atoms with Crippen LogP contribution >= 0.6 is 27.5 Å². The average molecular weight is 376 g/mol. The Morgan fingerprint density at radius 1 is 1.19 bits per heavy atom. The first-order valence-electron chi connectivity index (χ1n) is 7.76. The maximum absolute atomic E-state index is 6.33. The molecule has 1 aliphatic carbocycles. The lowest BCUT2D eigenvalue weighted by molar-refractivity contribution is -0.0353. The molecule has 1 aromatic rings. The molecule has 0 unspecified atom stereocenters. The molecule has 0 radical (unpaired) electrons. The van der Waals surface area contributed by atoms with E-state index in [1.807, 2.05) is 0 Å². The molecule has 2 rings (SSSR count). The number of ether oxygens (including phenoxy) is 1. The summed E-state index contributed by atoms with van der Waals surface area (Å²) in [5.74, 6) is 1.28. The molecule has 1 fully saturated rings. The van der Waals surface area contributed by atoms with Crippen LogP contribution in [0.5, 0.6) is 0 Å². The maximum Gasteiger partial charge on any atom is 0.162 e. The van der Waals surface area contributed by atoms with Crippen LogP contribution in [0.1, 0.15) is 63.9 Å². The van der Waals surface area contributed by atoms with Gasteiger partial charge < -0.3 is 4.74 Å². The van der Waals surface area contributed by atoms with Crippen LogP contribution < -0.4 is 0 Å². The molecule has 118 valence electrons. The Morgan fingerprint density at radius 3 is 2.33 bits per heavy atom. The highest BCUT2D eigenvalue weighted by atomic mass is 79.9. The summed E-state index contributed by atoms with van der Waals surface area (Å²) in [5.41, 5.74) is 0.618. The summed E-state index contributed by atoms with van der Waals surface area (Å²) in [6.45, 7) is 4.36. The van der Waals surface area contributed by atoms with Gasteiger partial charge in [0, 0.05) is 7.11 Å². The number of hydrogen-bond acceptors (Lipinski definition) is 3. The first-order chi connectivity index (χ1) is 9.98. The molecule has 0 aromatic carbocycles. The van der Waals surface area contributed by atoms with Gasteiger partial charge in [0.05, 0.1) is 10.2 Å². The molecule has 1 aromatic heterocycles. The van der Waals surface area contributed by atoms with Crippen molar-refractivity contribution in [1.29, 1.82) is 0 Å². The zero-order valence-electron chi connectivity index (χ0n) is 13.1. The molecule has 21 heavy (non-hydrogen) atoms. The zero-order chi connectivity index (χ0) is 15.5. The van der Waals surface area contributed by atoms with Crippen LogP contribution in [-0.4, -0.2) is 17.1 Å². The molecule has 0 bridgehead atoms. The van der Waals surface area contributed by atoms with E-state index in [1.165, 1.54) is 12.8 Å². The van der Waals surface area contributed by atoms with Crippen LogP contribution in [0.2, 0.25) is 5.15 Å². The molecule has 1 aliphatic rings. The van der Waals surface area contributed by atoms with E-state index >= 15 is 0 Å². The van der Waals surface area contributed by atoms with Gasteiger partial charge in [-0.3, -0.25) is 0 Å². The predicted molar refractivity (Wildman–Crippen MR) is 89.7 cm³/mol. The van der Waals surface area contributed by atoms with E-state index < -0.39 is 0 Å². The second-order valence-electron chi connectivity index (χ2n) is 6.31. The minimum Gasteiger partial charge on any atom is -0.370 e. The van der Waals surface area contributed by atoms with E-state index in [-0.39, 0.29) is 5.60 Å². The zero-order valence-corrected chi connectivity index (χ0v) is 15.4. The highest BCUT2D eigenvalue weighted by Crippen LogP contribution is 2.39. The Hall–Kier alpha value is -0.190. The lowest BCUT2D eigenvalue weighted by atomic mass is 9.93. The second kappa shape index (κ2) is 7.38. The first kappa shape index (κ1) is 17.2.